The van der Waals surface area contributed by atoms with Gasteiger partial charge < -0.3 is 25.2 Å². The molecule has 0 aromatic carbocycles. The van der Waals surface area contributed by atoms with Crippen molar-refractivity contribution in [2.75, 3.05) is 32.8 Å². The van der Waals surface area contributed by atoms with E-state index >= 15 is 0 Å². The van der Waals surface area contributed by atoms with Crippen molar-refractivity contribution in [3.63, 3.8) is 0 Å². The number of nitrogens with zero attached hydrogens (tertiary/aromatic N) is 2. The van der Waals surface area contributed by atoms with E-state index in [1.807, 2.05) is 18.2 Å². The van der Waals surface area contributed by atoms with E-state index in [0.29, 0.717) is 12.5 Å². The number of aliphatic carboxylic acids is 2. The summed E-state index contributed by atoms with van der Waals surface area (Å²) in [6.07, 6.45) is -2.59. The Morgan fingerprint density at radius 2 is 1.62 bits per heavy atom. The molecular formula is C24H31F6N3O6. The monoisotopic (exact) mass is 571 g/mol. The summed E-state index contributed by atoms with van der Waals surface area (Å²) in [5.41, 5.74) is 1.03. The van der Waals surface area contributed by atoms with Crippen LogP contribution in [0.1, 0.15) is 31.4 Å². The van der Waals surface area contributed by atoms with Crippen LogP contribution in [0.2, 0.25) is 0 Å². The summed E-state index contributed by atoms with van der Waals surface area (Å²) >= 11 is 0. The minimum Gasteiger partial charge on any atom is -0.475 e. The fourth-order valence-corrected chi connectivity index (χ4v) is 4.33. The molecule has 0 radical (unpaired) electrons. The van der Waals surface area contributed by atoms with Gasteiger partial charge in [0.15, 0.2) is 0 Å². The third kappa shape index (κ3) is 11.8. The number of carbonyl (C=O) groups excluding carboxylic acids is 1. The summed E-state index contributed by atoms with van der Waals surface area (Å²) in [7, 11) is 0. The summed E-state index contributed by atoms with van der Waals surface area (Å²) < 4.78 is 69.5. The van der Waals surface area contributed by atoms with E-state index in [1.165, 1.54) is 19.4 Å². The van der Waals surface area contributed by atoms with Gasteiger partial charge in [0, 0.05) is 62.9 Å². The second kappa shape index (κ2) is 14.4. The van der Waals surface area contributed by atoms with Crippen LogP contribution in [0.5, 0.6) is 0 Å². The zero-order valence-corrected chi connectivity index (χ0v) is 20.9. The predicted octanol–water partition coefficient (Wildman–Crippen LogP) is 3.14. The smallest absolute Gasteiger partial charge is 0.475 e. The Hall–Kier alpha value is -2.94. The molecule has 3 fully saturated rings. The first-order chi connectivity index (χ1) is 18.2. The molecule has 4 rings (SSSR count). The molecule has 1 aliphatic carbocycles. The van der Waals surface area contributed by atoms with E-state index in [-0.39, 0.29) is 17.9 Å². The van der Waals surface area contributed by atoms with Gasteiger partial charge >= 0.3 is 24.3 Å². The minimum absolute atomic E-state index is 0.101. The average Bonchev–Trinajstić information content (AvgIpc) is 3.68. The lowest BCUT2D eigenvalue weighted by Gasteiger charge is -2.44. The molecule has 0 unspecified atom stereocenters. The number of carbonyl (C=O) groups is 3. The Morgan fingerprint density at radius 3 is 2.13 bits per heavy atom. The number of hydrogen-bond donors (Lipinski definition) is 3. The third-order valence-corrected chi connectivity index (χ3v) is 6.40. The molecule has 3 N–H and O–H groups in total. The molecule has 0 bridgehead atoms. The first-order valence-electron chi connectivity index (χ1n) is 12.3. The van der Waals surface area contributed by atoms with E-state index in [9.17, 15) is 31.1 Å². The topological polar surface area (TPSA) is 129 Å². The lowest BCUT2D eigenvalue weighted by molar-refractivity contribution is -0.193. The highest BCUT2D eigenvalue weighted by molar-refractivity contribution is 5.79. The number of nitrogens with one attached hydrogen (secondary N) is 1. The Bertz CT molecular complexity index is 919. The molecule has 39 heavy (non-hydrogen) atoms. The Kier molecular flexibility index (Phi) is 12.0. The largest absolute Gasteiger partial charge is 0.490 e. The van der Waals surface area contributed by atoms with Gasteiger partial charge in [-0.25, -0.2) is 9.59 Å². The number of likely N-dealkylation sites (tertiary alicyclic amines) is 1. The van der Waals surface area contributed by atoms with Gasteiger partial charge in [-0.1, -0.05) is 6.07 Å². The van der Waals surface area contributed by atoms with E-state index < -0.39 is 24.3 Å². The molecule has 9 nitrogen and oxygen atoms in total. The van der Waals surface area contributed by atoms with Crippen LogP contribution in [-0.4, -0.2) is 89.2 Å². The van der Waals surface area contributed by atoms with Crippen LogP contribution in [-0.2, 0) is 25.5 Å². The molecule has 220 valence electrons. The Labute approximate surface area is 220 Å². The van der Waals surface area contributed by atoms with Gasteiger partial charge in [-0.15, -0.1) is 0 Å². The predicted molar refractivity (Wildman–Crippen MR) is 123 cm³/mol. The second-order valence-electron chi connectivity index (χ2n) is 9.43. The molecule has 3 heterocycles. The van der Waals surface area contributed by atoms with Crippen LogP contribution in [0, 0.1) is 17.8 Å². The molecule has 1 aromatic heterocycles. The fourth-order valence-electron chi connectivity index (χ4n) is 4.33. The maximum atomic E-state index is 12.8. The summed E-state index contributed by atoms with van der Waals surface area (Å²) in [5, 5.41) is 17.4. The van der Waals surface area contributed by atoms with Crippen molar-refractivity contribution < 1.29 is 55.7 Å². The van der Waals surface area contributed by atoms with Gasteiger partial charge in [0.25, 0.3) is 0 Å². The van der Waals surface area contributed by atoms with Gasteiger partial charge in [0.2, 0.25) is 5.91 Å². The van der Waals surface area contributed by atoms with Gasteiger partial charge in [-0.3, -0.25) is 9.78 Å². The van der Waals surface area contributed by atoms with E-state index in [0.717, 1.165) is 50.6 Å². The number of halogens is 6. The summed E-state index contributed by atoms with van der Waals surface area (Å²) in [4.78, 5) is 37.5. The number of aromatic nitrogens is 1. The number of alkyl halides is 6. The highest BCUT2D eigenvalue weighted by Crippen LogP contribution is 2.36. The van der Waals surface area contributed by atoms with Gasteiger partial charge in [-0.2, -0.15) is 26.3 Å². The second-order valence-corrected chi connectivity index (χ2v) is 9.43. The number of piperidine rings is 1. The quantitative estimate of drug-likeness (QED) is 0.445. The molecule has 15 heteroatoms. The number of pyridine rings is 1. The molecule has 3 aliphatic rings. The van der Waals surface area contributed by atoms with E-state index in [1.54, 1.807) is 6.20 Å². The van der Waals surface area contributed by atoms with Crippen LogP contribution in [0.25, 0.3) is 0 Å². The summed E-state index contributed by atoms with van der Waals surface area (Å²) in [5.74, 6) is -3.94. The normalized spacial score (nSPS) is 23.2. The molecule has 2 aliphatic heterocycles. The van der Waals surface area contributed by atoms with Crippen molar-refractivity contribution in [3.8, 4) is 0 Å². The van der Waals surface area contributed by atoms with Crippen LogP contribution >= 0.6 is 0 Å². The molecule has 0 spiro atoms. The maximum Gasteiger partial charge on any atom is 0.490 e. The number of rotatable bonds is 6. The van der Waals surface area contributed by atoms with Crippen LogP contribution < -0.4 is 5.32 Å². The van der Waals surface area contributed by atoms with Crippen molar-refractivity contribution in [3.05, 3.63) is 30.1 Å². The van der Waals surface area contributed by atoms with Crippen molar-refractivity contribution in [2.45, 2.75) is 50.6 Å². The van der Waals surface area contributed by atoms with E-state index in [4.69, 9.17) is 24.5 Å². The lowest BCUT2D eigenvalue weighted by atomic mass is 9.79. The van der Waals surface area contributed by atoms with E-state index in [2.05, 4.69) is 15.2 Å². The maximum absolute atomic E-state index is 12.8. The van der Waals surface area contributed by atoms with Gasteiger partial charge in [0.1, 0.15) is 0 Å². The standard InChI is InChI=1S/C20H29N3O2.2C2HF3O2/c24-20(22-10-6-16-3-1-2-9-21-16)17-8-12-25-19-7-11-23(14-18(17)19)13-15-4-5-15;2*3-2(4,5)1(6)7/h1-3,9,15,17-19H,4-8,10-14H2,(H,22,24);2*(H,6,7)/t17-,18-,19-;;/m1../s1. The summed E-state index contributed by atoms with van der Waals surface area (Å²) in [6.45, 7) is 4.76. The van der Waals surface area contributed by atoms with Crippen LogP contribution in [0.3, 0.4) is 0 Å². The number of amides is 1. The first kappa shape index (κ1) is 32.3. The highest BCUT2D eigenvalue weighted by Gasteiger charge is 2.42. The number of fused-ring (bicyclic) bond motifs is 1. The van der Waals surface area contributed by atoms with Crippen LogP contribution in [0.15, 0.2) is 24.4 Å². The number of carboxylic acids is 2. The van der Waals surface area contributed by atoms with Gasteiger partial charge in [0.05, 0.1) is 6.10 Å². The highest BCUT2D eigenvalue weighted by atomic mass is 19.4. The Balaban J connectivity index is 0.000000317. The number of hydrogen-bond acceptors (Lipinski definition) is 6. The zero-order chi connectivity index (χ0) is 29.2. The SMILES string of the molecule is O=C(NCCc1ccccn1)[C@@H]1CCO[C@@H]2CCN(CC3CC3)C[C@@H]21.O=C(O)C(F)(F)F.O=C(O)C(F)(F)F. The number of ether oxygens (including phenoxy) is 1. The molecule has 3 atom stereocenters. The number of carboxylic acid groups (broad SMARTS) is 2. The third-order valence-electron chi connectivity index (χ3n) is 6.40. The Morgan fingerprint density at radius 1 is 1.00 bits per heavy atom. The molecule has 1 aromatic rings. The first-order valence-corrected chi connectivity index (χ1v) is 12.3. The summed E-state index contributed by atoms with van der Waals surface area (Å²) in [6, 6.07) is 5.91. The van der Waals surface area contributed by atoms with Crippen molar-refractivity contribution in [1.29, 1.82) is 0 Å². The van der Waals surface area contributed by atoms with Crippen molar-refractivity contribution in [2.24, 2.45) is 17.8 Å². The lowest BCUT2D eigenvalue weighted by Crippen LogP contribution is -2.53. The average molecular weight is 572 g/mol. The van der Waals surface area contributed by atoms with Crippen LogP contribution in [0.4, 0.5) is 26.3 Å². The van der Waals surface area contributed by atoms with Crippen molar-refractivity contribution in [1.82, 2.24) is 15.2 Å². The molecular weight excluding hydrogens is 540 g/mol. The van der Waals surface area contributed by atoms with Crippen molar-refractivity contribution >= 4 is 17.8 Å². The molecule has 2 saturated heterocycles. The minimum atomic E-state index is -5.08. The zero-order valence-electron chi connectivity index (χ0n) is 20.9. The fraction of sp³-hybridized carbons (Fsp3) is 0.667. The molecule has 1 saturated carbocycles. The molecule has 1 amide bonds. The van der Waals surface area contributed by atoms with Gasteiger partial charge in [-0.05, 0) is 43.7 Å².